The van der Waals surface area contributed by atoms with Gasteiger partial charge in [-0.1, -0.05) is 30.3 Å². The molecule has 0 bridgehead atoms. The van der Waals surface area contributed by atoms with E-state index in [9.17, 15) is 13.2 Å². The van der Waals surface area contributed by atoms with Gasteiger partial charge >= 0.3 is 0 Å². The zero-order chi connectivity index (χ0) is 19.7. The number of nitrogens with zero attached hydrogens (tertiary/aromatic N) is 2. The Balaban J connectivity index is 1.68. The van der Waals surface area contributed by atoms with Crippen molar-refractivity contribution in [2.24, 2.45) is 0 Å². The molecule has 0 radical (unpaired) electrons. The molecular formula is C19H31N3O4S. The summed E-state index contributed by atoms with van der Waals surface area (Å²) < 4.78 is 32.1. The minimum atomic E-state index is -3.32. The van der Waals surface area contributed by atoms with Gasteiger partial charge in [-0.15, -0.1) is 0 Å². The number of ether oxygens (including phenoxy) is 1. The average Bonchev–Trinajstić information content (AvgIpc) is 2.62. The molecule has 152 valence electrons. The average molecular weight is 398 g/mol. The first-order valence-corrected chi connectivity index (χ1v) is 11.1. The van der Waals surface area contributed by atoms with Crippen LogP contribution >= 0.6 is 0 Å². The van der Waals surface area contributed by atoms with E-state index in [2.05, 4.69) is 5.32 Å². The summed E-state index contributed by atoms with van der Waals surface area (Å²) in [5.74, 6) is -0.00704. The van der Waals surface area contributed by atoms with Crippen LogP contribution in [-0.2, 0) is 25.3 Å². The third-order valence-electron chi connectivity index (χ3n) is 4.38. The second kappa shape index (κ2) is 10.8. The van der Waals surface area contributed by atoms with Crippen LogP contribution in [0.15, 0.2) is 30.3 Å². The zero-order valence-corrected chi connectivity index (χ0v) is 17.1. The molecule has 1 aromatic carbocycles. The maximum atomic E-state index is 12.6. The standard InChI is InChI=1S/C19H31N3O4S/c1-17(2)26-14-6-9-20-19(23)15-21-10-12-22(13-11-21)27(24,25)16-18-7-4-3-5-8-18/h3-5,7-8,17H,6,9-16H2,1-2H3,(H,20,23). The molecule has 1 saturated heterocycles. The molecule has 1 heterocycles. The van der Waals surface area contributed by atoms with Crippen molar-refractivity contribution < 1.29 is 17.9 Å². The van der Waals surface area contributed by atoms with Crippen LogP contribution in [0.25, 0.3) is 0 Å². The topological polar surface area (TPSA) is 79.0 Å². The molecule has 1 aliphatic heterocycles. The van der Waals surface area contributed by atoms with E-state index >= 15 is 0 Å². The molecule has 0 saturated carbocycles. The van der Waals surface area contributed by atoms with Gasteiger partial charge in [-0.3, -0.25) is 9.69 Å². The van der Waals surface area contributed by atoms with E-state index in [-0.39, 0.29) is 17.8 Å². The van der Waals surface area contributed by atoms with E-state index in [1.165, 1.54) is 4.31 Å². The molecule has 7 nitrogen and oxygen atoms in total. The maximum absolute atomic E-state index is 12.6. The smallest absolute Gasteiger partial charge is 0.234 e. The lowest BCUT2D eigenvalue weighted by Gasteiger charge is -2.33. The van der Waals surface area contributed by atoms with Crippen LogP contribution in [0, 0.1) is 0 Å². The van der Waals surface area contributed by atoms with Crippen LogP contribution in [0.2, 0.25) is 0 Å². The molecule has 27 heavy (non-hydrogen) atoms. The van der Waals surface area contributed by atoms with E-state index < -0.39 is 10.0 Å². The normalized spacial score (nSPS) is 16.6. The number of hydrogen-bond donors (Lipinski definition) is 1. The van der Waals surface area contributed by atoms with Gasteiger partial charge in [0.2, 0.25) is 15.9 Å². The largest absolute Gasteiger partial charge is 0.379 e. The summed E-state index contributed by atoms with van der Waals surface area (Å²) in [4.78, 5) is 14.0. The Morgan fingerprint density at radius 3 is 2.44 bits per heavy atom. The molecule has 1 N–H and O–H groups in total. The van der Waals surface area contributed by atoms with Crippen molar-refractivity contribution in [3.8, 4) is 0 Å². The van der Waals surface area contributed by atoms with Gasteiger partial charge in [0.25, 0.3) is 0 Å². The van der Waals surface area contributed by atoms with Crippen molar-refractivity contribution in [2.75, 3.05) is 45.9 Å². The molecule has 1 amide bonds. The number of carbonyl (C=O) groups is 1. The van der Waals surface area contributed by atoms with Gasteiger partial charge in [0.1, 0.15) is 0 Å². The van der Waals surface area contributed by atoms with Crippen LogP contribution < -0.4 is 5.32 Å². The highest BCUT2D eigenvalue weighted by Gasteiger charge is 2.27. The maximum Gasteiger partial charge on any atom is 0.234 e. The van der Waals surface area contributed by atoms with Crippen molar-refractivity contribution in [2.45, 2.75) is 32.1 Å². The van der Waals surface area contributed by atoms with Gasteiger partial charge in [0, 0.05) is 39.3 Å². The van der Waals surface area contributed by atoms with E-state index in [1.807, 2.05) is 49.1 Å². The molecule has 1 aromatic rings. The third kappa shape index (κ3) is 7.96. The van der Waals surface area contributed by atoms with Crippen molar-refractivity contribution in [3.05, 3.63) is 35.9 Å². The van der Waals surface area contributed by atoms with Crippen molar-refractivity contribution >= 4 is 15.9 Å². The van der Waals surface area contributed by atoms with Gasteiger partial charge in [0.05, 0.1) is 18.4 Å². The summed E-state index contributed by atoms with van der Waals surface area (Å²) >= 11 is 0. The summed E-state index contributed by atoms with van der Waals surface area (Å²) in [6.45, 7) is 7.48. The Hall–Kier alpha value is -1.48. The Morgan fingerprint density at radius 2 is 1.81 bits per heavy atom. The van der Waals surface area contributed by atoms with Gasteiger partial charge in [0.15, 0.2) is 0 Å². The Labute approximate surface area is 162 Å². The van der Waals surface area contributed by atoms with Crippen LogP contribution in [0.1, 0.15) is 25.8 Å². The number of rotatable bonds is 10. The van der Waals surface area contributed by atoms with E-state index in [1.54, 1.807) is 0 Å². The van der Waals surface area contributed by atoms with E-state index in [0.717, 1.165) is 12.0 Å². The molecule has 0 unspecified atom stereocenters. The lowest BCUT2D eigenvalue weighted by Crippen LogP contribution is -2.51. The van der Waals surface area contributed by atoms with Crippen molar-refractivity contribution in [1.82, 2.24) is 14.5 Å². The summed E-state index contributed by atoms with van der Waals surface area (Å²) in [7, 11) is -3.32. The second-order valence-corrected chi connectivity index (χ2v) is 9.01. The predicted molar refractivity (Wildman–Crippen MR) is 106 cm³/mol. The van der Waals surface area contributed by atoms with E-state index in [4.69, 9.17) is 4.74 Å². The Morgan fingerprint density at radius 1 is 1.15 bits per heavy atom. The number of hydrogen-bond acceptors (Lipinski definition) is 5. The molecule has 1 fully saturated rings. The van der Waals surface area contributed by atoms with Crippen LogP contribution in [0.4, 0.5) is 0 Å². The molecule has 0 spiro atoms. The minimum absolute atomic E-state index is 0.0206. The number of amides is 1. The summed E-state index contributed by atoms with van der Waals surface area (Å²) in [6.07, 6.45) is 0.991. The first kappa shape index (κ1) is 21.8. The molecule has 0 aliphatic carbocycles. The summed E-state index contributed by atoms with van der Waals surface area (Å²) in [5.41, 5.74) is 0.792. The number of nitrogens with one attached hydrogen (secondary N) is 1. The van der Waals surface area contributed by atoms with E-state index in [0.29, 0.717) is 45.9 Å². The second-order valence-electron chi connectivity index (χ2n) is 7.04. The SMILES string of the molecule is CC(C)OCCCNC(=O)CN1CCN(S(=O)(=O)Cc2ccccc2)CC1. The highest BCUT2D eigenvalue weighted by atomic mass is 32.2. The molecule has 2 rings (SSSR count). The number of piperazine rings is 1. The lowest BCUT2D eigenvalue weighted by atomic mass is 10.2. The molecule has 1 aliphatic rings. The predicted octanol–water partition coefficient (Wildman–Crippen LogP) is 1.07. The minimum Gasteiger partial charge on any atom is -0.379 e. The van der Waals surface area contributed by atoms with Gasteiger partial charge < -0.3 is 10.1 Å². The van der Waals surface area contributed by atoms with Gasteiger partial charge in [-0.25, -0.2) is 8.42 Å². The first-order chi connectivity index (χ1) is 12.9. The fourth-order valence-corrected chi connectivity index (χ4v) is 4.44. The molecule has 0 aromatic heterocycles. The zero-order valence-electron chi connectivity index (χ0n) is 16.3. The monoisotopic (exact) mass is 397 g/mol. The van der Waals surface area contributed by atoms with Crippen molar-refractivity contribution in [3.63, 3.8) is 0 Å². The summed E-state index contributed by atoms with van der Waals surface area (Å²) in [6, 6.07) is 9.21. The quantitative estimate of drug-likeness (QED) is 0.598. The highest BCUT2D eigenvalue weighted by Crippen LogP contribution is 2.13. The highest BCUT2D eigenvalue weighted by molar-refractivity contribution is 7.88. The number of benzene rings is 1. The molecular weight excluding hydrogens is 366 g/mol. The fourth-order valence-electron chi connectivity index (χ4n) is 2.92. The lowest BCUT2D eigenvalue weighted by molar-refractivity contribution is -0.122. The van der Waals surface area contributed by atoms with Gasteiger partial charge in [-0.05, 0) is 25.8 Å². The van der Waals surface area contributed by atoms with Crippen LogP contribution in [0.3, 0.4) is 0 Å². The third-order valence-corrected chi connectivity index (χ3v) is 6.23. The Kier molecular flexibility index (Phi) is 8.69. The fraction of sp³-hybridized carbons (Fsp3) is 0.632. The molecule has 0 atom stereocenters. The van der Waals surface area contributed by atoms with Gasteiger partial charge in [-0.2, -0.15) is 4.31 Å². The number of sulfonamides is 1. The molecule has 8 heteroatoms. The summed E-state index contributed by atoms with van der Waals surface area (Å²) in [5, 5.41) is 2.89. The van der Waals surface area contributed by atoms with Crippen LogP contribution in [0.5, 0.6) is 0 Å². The van der Waals surface area contributed by atoms with Crippen molar-refractivity contribution in [1.29, 1.82) is 0 Å². The van der Waals surface area contributed by atoms with Crippen LogP contribution in [-0.4, -0.2) is 75.5 Å². The first-order valence-electron chi connectivity index (χ1n) is 9.49. The Bertz CT molecular complexity index is 671. The number of carbonyl (C=O) groups excluding carboxylic acids is 1.